The molecule has 1 fully saturated rings. The van der Waals surface area contributed by atoms with Crippen molar-refractivity contribution in [3.05, 3.63) is 35.1 Å². The van der Waals surface area contributed by atoms with E-state index in [9.17, 15) is 17.6 Å². The van der Waals surface area contributed by atoms with Gasteiger partial charge in [-0.15, -0.1) is 0 Å². The van der Waals surface area contributed by atoms with E-state index in [1.807, 2.05) is 13.8 Å². The summed E-state index contributed by atoms with van der Waals surface area (Å²) in [6, 6.07) is 2.64. The van der Waals surface area contributed by atoms with Crippen molar-refractivity contribution in [2.45, 2.75) is 38.3 Å². The number of nitrogens with one attached hydrogen (secondary N) is 1. The van der Waals surface area contributed by atoms with Gasteiger partial charge in [-0.1, -0.05) is 0 Å². The van der Waals surface area contributed by atoms with Crippen LogP contribution in [0.25, 0.3) is 0 Å². The molecular weight excluding hydrogens is 262 g/mol. The number of halogens is 4. The molecule has 1 aromatic rings. The van der Waals surface area contributed by atoms with Gasteiger partial charge in [0.05, 0.1) is 17.8 Å². The van der Waals surface area contributed by atoms with E-state index >= 15 is 0 Å². The molecule has 19 heavy (non-hydrogen) atoms. The highest BCUT2D eigenvalue weighted by Gasteiger charge is 2.33. The normalized spacial score (nSPS) is 28.4. The average Bonchev–Trinajstić information content (AvgIpc) is 2.31. The third kappa shape index (κ3) is 3.25. The quantitative estimate of drug-likeness (QED) is 0.795. The Balaban J connectivity index is 2.28. The van der Waals surface area contributed by atoms with Crippen molar-refractivity contribution in [2.24, 2.45) is 0 Å². The van der Waals surface area contributed by atoms with Crippen LogP contribution >= 0.6 is 0 Å². The average molecular weight is 277 g/mol. The molecule has 0 radical (unpaired) electrons. The van der Waals surface area contributed by atoms with Crippen LogP contribution in [0.2, 0.25) is 0 Å². The Morgan fingerprint density at radius 1 is 1.21 bits per heavy atom. The van der Waals surface area contributed by atoms with Gasteiger partial charge in [-0.2, -0.15) is 13.2 Å². The predicted octanol–water partition coefficient (Wildman–Crippen LogP) is 3.28. The van der Waals surface area contributed by atoms with Crippen LogP contribution in [-0.4, -0.2) is 18.7 Å². The molecule has 0 amide bonds. The fourth-order valence-electron chi connectivity index (χ4n) is 2.04. The molecule has 1 saturated heterocycles. The van der Waals surface area contributed by atoms with E-state index in [0.29, 0.717) is 12.6 Å². The van der Waals surface area contributed by atoms with E-state index in [-0.39, 0.29) is 17.7 Å². The van der Waals surface area contributed by atoms with Gasteiger partial charge in [0.1, 0.15) is 5.82 Å². The molecule has 0 spiro atoms. The first-order chi connectivity index (χ1) is 8.77. The van der Waals surface area contributed by atoms with Gasteiger partial charge < -0.3 is 10.1 Å². The van der Waals surface area contributed by atoms with E-state index in [4.69, 9.17) is 4.74 Å². The smallest absolute Gasteiger partial charge is 0.368 e. The maximum Gasteiger partial charge on any atom is 0.416 e. The van der Waals surface area contributed by atoms with E-state index in [1.54, 1.807) is 0 Å². The summed E-state index contributed by atoms with van der Waals surface area (Å²) >= 11 is 0. The lowest BCUT2D eigenvalue weighted by Crippen LogP contribution is -2.46. The Morgan fingerprint density at radius 3 is 2.47 bits per heavy atom. The van der Waals surface area contributed by atoms with Gasteiger partial charge in [0.25, 0.3) is 0 Å². The first-order valence-electron chi connectivity index (χ1n) is 6.04. The minimum absolute atomic E-state index is 0.117. The number of alkyl halides is 3. The summed E-state index contributed by atoms with van der Waals surface area (Å²) in [4.78, 5) is 0. The lowest BCUT2D eigenvalue weighted by molar-refractivity contribution is -0.138. The Morgan fingerprint density at radius 2 is 1.89 bits per heavy atom. The van der Waals surface area contributed by atoms with Crippen LogP contribution in [0.1, 0.15) is 31.1 Å². The van der Waals surface area contributed by atoms with Gasteiger partial charge in [0, 0.05) is 12.6 Å². The fourth-order valence-corrected chi connectivity index (χ4v) is 2.04. The zero-order valence-electron chi connectivity index (χ0n) is 10.6. The molecule has 1 aromatic carbocycles. The first-order valence-corrected chi connectivity index (χ1v) is 6.04. The standard InChI is InChI=1S/C13H15F4NO/c1-7-8(2)19-12(6-18-7)9-3-10(13(15,16)17)5-11(14)4-9/h3-5,7-8,12,18H,6H2,1-2H3. The number of ether oxygens (including phenoxy) is 1. The zero-order chi connectivity index (χ0) is 14.2. The van der Waals surface area contributed by atoms with Crippen LogP contribution in [0, 0.1) is 5.82 Å². The summed E-state index contributed by atoms with van der Waals surface area (Å²) in [5.41, 5.74) is -0.782. The second-order valence-corrected chi connectivity index (χ2v) is 4.80. The Bertz CT molecular complexity index is 460. The molecule has 1 heterocycles. The zero-order valence-corrected chi connectivity index (χ0v) is 10.6. The van der Waals surface area contributed by atoms with Crippen LogP contribution < -0.4 is 5.32 Å². The highest BCUT2D eigenvalue weighted by atomic mass is 19.4. The van der Waals surface area contributed by atoms with Gasteiger partial charge in [0.2, 0.25) is 0 Å². The summed E-state index contributed by atoms with van der Waals surface area (Å²) < 4.78 is 56.8. The number of benzene rings is 1. The Labute approximate surface area is 108 Å². The summed E-state index contributed by atoms with van der Waals surface area (Å²) in [5.74, 6) is -0.903. The van der Waals surface area contributed by atoms with Crippen LogP contribution in [-0.2, 0) is 10.9 Å². The molecule has 0 saturated carbocycles. The van der Waals surface area contributed by atoms with Crippen LogP contribution in [0.15, 0.2) is 18.2 Å². The molecule has 0 bridgehead atoms. The largest absolute Gasteiger partial charge is 0.416 e. The molecule has 1 aliphatic rings. The number of hydrogen-bond donors (Lipinski definition) is 1. The van der Waals surface area contributed by atoms with Crippen LogP contribution in [0.4, 0.5) is 17.6 Å². The Kier molecular flexibility index (Phi) is 3.82. The highest BCUT2D eigenvalue weighted by molar-refractivity contribution is 5.29. The van der Waals surface area contributed by atoms with Crippen LogP contribution in [0.5, 0.6) is 0 Å². The topological polar surface area (TPSA) is 21.3 Å². The third-order valence-corrected chi connectivity index (χ3v) is 3.33. The summed E-state index contributed by atoms with van der Waals surface area (Å²) in [7, 11) is 0. The summed E-state index contributed by atoms with van der Waals surface area (Å²) in [5, 5.41) is 3.13. The molecule has 3 unspecified atom stereocenters. The summed E-state index contributed by atoms with van der Waals surface area (Å²) in [6.07, 6.45) is -5.27. The van der Waals surface area contributed by atoms with Crippen molar-refractivity contribution in [3.8, 4) is 0 Å². The minimum Gasteiger partial charge on any atom is -0.368 e. The maximum atomic E-state index is 13.3. The second kappa shape index (κ2) is 5.09. The number of rotatable bonds is 1. The molecule has 1 aliphatic heterocycles. The summed E-state index contributed by atoms with van der Waals surface area (Å²) in [6.45, 7) is 4.12. The van der Waals surface area contributed by atoms with Crippen molar-refractivity contribution in [1.29, 1.82) is 0 Å². The molecule has 2 nitrogen and oxygen atoms in total. The molecule has 6 heteroatoms. The van der Waals surface area contributed by atoms with Crippen LogP contribution in [0.3, 0.4) is 0 Å². The van der Waals surface area contributed by atoms with Crippen molar-refractivity contribution in [3.63, 3.8) is 0 Å². The van der Waals surface area contributed by atoms with Gasteiger partial charge >= 0.3 is 6.18 Å². The highest BCUT2D eigenvalue weighted by Crippen LogP contribution is 2.33. The molecule has 0 aromatic heterocycles. The second-order valence-electron chi connectivity index (χ2n) is 4.80. The number of morpholine rings is 1. The number of hydrogen-bond acceptors (Lipinski definition) is 2. The first kappa shape index (κ1) is 14.3. The molecule has 0 aliphatic carbocycles. The van der Waals surface area contributed by atoms with Gasteiger partial charge in [-0.25, -0.2) is 4.39 Å². The molecule has 3 atom stereocenters. The molecule has 1 N–H and O–H groups in total. The third-order valence-electron chi connectivity index (χ3n) is 3.33. The monoisotopic (exact) mass is 277 g/mol. The van der Waals surface area contributed by atoms with Gasteiger partial charge in [0.15, 0.2) is 0 Å². The Hall–Kier alpha value is -1.14. The minimum atomic E-state index is -4.56. The van der Waals surface area contributed by atoms with Crippen molar-refractivity contribution in [1.82, 2.24) is 5.32 Å². The van der Waals surface area contributed by atoms with E-state index in [1.165, 1.54) is 0 Å². The lowest BCUT2D eigenvalue weighted by Gasteiger charge is -2.34. The maximum absolute atomic E-state index is 13.3. The fraction of sp³-hybridized carbons (Fsp3) is 0.538. The van der Waals surface area contributed by atoms with E-state index in [2.05, 4.69) is 5.32 Å². The van der Waals surface area contributed by atoms with Gasteiger partial charge in [-0.3, -0.25) is 0 Å². The molecule has 2 rings (SSSR count). The van der Waals surface area contributed by atoms with Crippen molar-refractivity contribution >= 4 is 0 Å². The SMILES string of the molecule is CC1NCC(c2cc(F)cc(C(F)(F)F)c2)OC1C. The van der Waals surface area contributed by atoms with Crippen molar-refractivity contribution < 1.29 is 22.3 Å². The van der Waals surface area contributed by atoms with Crippen molar-refractivity contribution in [2.75, 3.05) is 6.54 Å². The molecular formula is C13H15F4NO. The lowest BCUT2D eigenvalue weighted by atomic mass is 10.0. The predicted molar refractivity (Wildman–Crippen MR) is 62.2 cm³/mol. The van der Waals surface area contributed by atoms with E-state index < -0.39 is 23.7 Å². The van der Waals surface area contributed by atoms with Gasteiger partial charge in [-0.05, 0) is 37.6 Å². The van der Waals surface area contributed by atoms with E-state index in [0.717, 1.165) is 12.1 Å². The molecule has 106 valence electrons.